The minimum absolute atomic E-state index is 0.188. The first-order valence-electron chi connectivity index (χ1n) is 12.1. The molecular formula is C29H30ClN3O4. The van der Waals surface area contributed by atoms with E-state index in [0.29, 0.717) is 27.5 Å². The van der Waals surface area contributed by atoms with Crippen molar-refractivity contribution in [3.8, 4) is 5.75 Å². The molecule has 0 spiro atoms. The van der Waals surface area contributed by atoms with Crippen LogP contribution in [0.2, 0.25) is 5.02 Å². The Morgan fingerprint density at radius 1 is 0.919 bits per heavy atom. The summed E-state index contributed by atoms with van der Waals surface area (Å²) in [4.78, 5) is 42.4. The number of nitrogens with zero attached hydrogens (tertiary/aromatic N) is 1. The normalized spacial score (nSPS) is 21.1. The second kappa shape index (κ2) is 11.0. The van der Waals surface area contributed by atoms with Crippen LogP contribution in [0.5, 0.6) is 5.75 Å². The van der Waals surface area contributed by atoms with Crippen molar-refractivity contribution in [2.24, 2.45) is 11.7 Å². The van der Waals surface area contributed by atoms with Crippen molar-refractivity contribution in [1.29, 1.82) is 0 Å². The molecule has 1 heterocycles. The van der Waals surface area contributed by atoms with E-state index in [9.17, 15) is 14.4 Å². The summed E-state index contributed by atoms with van der Waals surface area (Å²) in [7, 11) is 1.56. The summed E-state index contributed by atoms with van der Waals surface area (Å²) in [5, 5.41) is 3.41. The second-order valence-corrected chi connectivity index (χ2v) is 9.85. The van der Waals surface area contributed by atoms with Gasteiger partial charge in [0.1, 0.15) is 11.8 Å². The molecule has 0 radical (unpaired) electrons. The van der Waals surface area contributed by atoms with Crippen LogP contribution in [0, 0.1) is 5.92 Å². The predicted molar refractivity (Wildman–Crippen MR) is 143 cm³/mol. The Balaban J connectivity index is 1.97. The summed E-state index contributed by atoms with van der Waals surface area (Å²) in [5.41, 5.74) is 7.86. The highest BCUT2D eigenvalue weighted by molar-refractivity contribution is 6.30. The van der Waals surface area contributed by atoms with Crippen molar-refractivity contribution in [3.63, 3.8) is 0 Å². The summed E-state index contributed by atoms with van der Waals surface area (Å²) >= 11 is 6.16. The number of benzene rings is 3. The van der Waals surface area contributed by atoms with E-state index >= 15 is 0 Å². The molecule has 4 rings (SSSR count). The van der Waals surface area contributed by atoms with Gasteiger partial charge in [-0.3, -0.25) is 9.59 Å². The average Bonchev–Trinajstić information content (AvgIpc) is 3.25. The van der Waals surface area contributed by atoms with Gasteiger partial charge in [-0.2, -0.15) is 0 Å². The lowest BCUT2D eigenvalue weighted by Gasteiger charge is -2.31. The van der Waals surface area contributed by atoms with Gasteiger partial charge in [-0.05, 0) is 49.2 Å². The largest absolute Gasteiger partial charge is 0.497 e. The number of halogens is 1. The number of amides is 3. The Hall–Kier alpha value is -3.84. The van der Waals surface area contributed by atoms with E-state index in [0.717, 1.165) is 0 Å². The SMILES string of the molecule is COc1ccc(C2C(C(=O)c3ccccc3)C(c3ccc(Cl)cc3)C(C(N)=O)N2C(=O)NC(C)C)cc1. The maximum absolute atomic E-state index is 14.2. The highest BCUT2D eigenvalue weighted by atomic mass is 35.5. The predicted octanol–water partition coefficient (Wildman–Crippen LogP) is 4.96. The van der Waals surface area contributed by atoms with Crippen LogP contribution in [0.25, 0.3) is 0 Å². The Kier molecular flexibility index (Phi) is 7.83. The molecule has 192 valence electrons. The lowest BCUT2D eigenvalue weighted by molar-refractivity contribution is -0.122. The van der Waals surface area contributed by atoms with E-state index in [4.69, 9.17) is 22.1 Å². The van der Waals surface area contributed by atoms with Crippen molar-refractivity contribution in [2.45, 2.75) is 37.9 Å². The summed E-state index contributed by atoms with van der Waals surface area (Å²) in [5.74, 6) is -1.75. The maximum Gasteiger partial charge on any atom is 0.318 e. The number of nitrogens with two attached hydrogens (primary N) is 1. The monoisotopic (exact) mass is 519 g/mol. The zero-order valence-electron chi connectivity index (χ0n) is 20.9. The number of hydrogen-bond acceptors (Lipinski definition) is 4. The first-order chi connectivity index (χ1) is 17.7. The summed E-state index contributed by atoms with van der Waals surface area (Å²) in [6.45, 7) is 3.66. The molecule has 8 heteroatoms. The fourth-order valence-electron chi connectivity index (χ4n) is 5.15. The smallest absolute Gasteiger partial charge is 0.318 e. The van der Waals surface area contributed by atoms with Gasteiger partial charge in [-0.15, -0.1) is 0 Å². The fourth-order valence-corrected chi connectivity index (χ4v) is 5.27. The molecule has 0 aliphatic carbocycles. The molecular weight excluding hydrogens is 490 g/mol. The lowest BCUT2D eigenvalue weighted by atomic mass is 9.76. The van der Waals surface area contributed by atoms with Crippen LogP contribution < -0.4 is 15.8 Å². The standard InChI is InChI=1S/C29H30ClN3O4/c1-17(2)32-29(36)33-25(19-11-15-22(37-3)16-12-19)24(27(34)20-7-5-4-6-8-20)23(26(33)28(31)35)18-9-13-21(30)14-10-18/h4-17,23-26H,1-3H3,(H2,31,35)(H,32,36). The molecule has 0 saturated carbocycles. The third kappa shape index (κ3) is 5.32. The van der Waals surface area contributed by atoms with Crippen LogP contribution in [-0.2, 0) is 4.79 Å². The van der Waals surface area contributed by atoms with Gasteiger partial charge in [0.05, 0.1) is 19.1 Å². The minimum atomic E-state index is -1.08. The van der Waals surface area contributed by atoms with Crippen LogP contribution >= 0.6 is 11.6 Å². The van der Waals surface area contributed by atoms with Gasteiger partial charge in [-0.25, -0.2) is 4.79 Å². The third-order valence-electron chi connectivity index (χ3n) is 6.68. The van der Waals surface area contributed by atoms with Crippen LogP contribution in [0.1, 0.15) is 47.3 Å². The van der Waals surface area contributed by atoms with E-state index < -0.39 is 35.9 Å². The zero-order valence-corrected chi connectivity index (χ0v) is 21.7. The first kappa shape index (κ1) is 26.2. The van der Waals surface area contributed by atoms with Gasteiger partial charge in [0.15, 0.2) is 5.78 Å². The molecule has 3 N–H and O–H groups in total. The number of likely N-dealkylation sites (tertiary alicyclic amines) is 1. The molecule has 7 nitrogen and oxygen atoms in total. The number of urea groups is 1. The quantitative estimate of drug-likeness (QED) is 0.431. The van der Waals surface area contributed by atoms with Crippen molar-refractivity contribution in [3.05, 3.63) is 101 Å². The van der Waals surface area contributed by atoms with Crippen molar-refractivity contribution in [1.82, 2.24) is 10.2 Å². The van der Waals surface area contributed by atoms with Crippen LogP contribution in [-0.4, -0.2) is 41.8 Å². The molecule has 3 amide bonds. The molecule has 4 unspecified atom stereocenters. The number of primary amides is 1. The lowest BCUT2D eigenvalue weighted by Crippen LogP contribution is -2.51. The molecule has 3 aromatic rings. The third-order valence-corrected chi connectivity index (χ3v) is 6.93. The number of ether oxygens (including phenoxy) is 1. The number of Topliss-reactive ketones (excluding diaryl/α,β-unsaturated/α-hetero) is 1. The number of carbonyl (C=O) groups is 3. The number of ketones is 1. The number of nitrogens with one attached hydrogen (secondary N) is 1. The number of rotatable bonds is 7. The van der Waals surface area contributed by atoms with Gasteiger partial charge in [0.25, 0.3) is 0 Å². The van der Waals surface area contributed by atoms with Gasteiger partial charge < -0.3 is 20.7 Å². The van der Waals surface area contributed by atoms with Gasteiger partial charge in [0.2, 0.25) is 5.91 Å². The highest BCUT2D eigenvalue weighted by Crippen LogP contribution is 2.51. The highest BCUT2D eigenvalue weighted by Gasteiger charge is 2.57. The number of carbonyl (C=O) groups excluding carboxylic acids is 3. The van der Waals surface area contributed by atoms with E-state index in [-0.39, 0.29) is 11.8 Å². The molecule has 4 atom stereocenters. The summed E-state index contributed by atoms with van der Waals surface area (Å²) < 4.78 is 5.32. The molecule has 0 aromatic heterocycles. The van der Waals surface area contributed by atoms with Gasteiger partial charge in [0, 0.05) is 22.5 Å². The first-order valence-corrected chi connectivity index (χ1v) is 12.5. The molecule has 1 fully saturated rings. The van der Waals surface area contributed by atoms with Crippen molar-refractivity contribution >= 4 is 29.3 Å². The molecule has 0 bridgehead atoms. The van der Waals surface area contributed by atoms with E-state index in [1.54, 1.807) is 67.8 Å². The molecule has 1 aliphatic rings. The van der Waals surface area contributed by atoms with Crippen LogP contribution in [0.3, 0.4) is 0 Å². The minimum Gasteiger partial charge on any atom is -0.497 e. The van der Waals surface area contributed by atoms with Crippen molar-refractivity contribution < 1.29 is 19.1 Å². The Bertz CT molecular complexity index is 1260. The fraction of sp³-hybridized carbons (Fsp3) is 0.276. The second-order valence-electron chi connectivity index (χ2n) is 9.41. The van der Waals surface area contributed by atoms with E-state index in [1.165, 1.54) is 4.90 Å². The number of methoxy groups -OCH3 is 1. The van der Waals surface area contributed by atoms with Gasteiger partial charge >= 0.3 is 6.03 Å². The molecule has 1 saturated heterocycles. The average molecular weight is 520 g/mol. The Morgan fingerprint density at radius 3 is 2.05 bits per heavy atom. The topological polar surface area (TPSA) is 102 Å². The van der Waals surface area contributed by atoms with Gasteiger partial charge in [-0.1, -0.05) is 66.2 Å². The summed E-state index contributed by atoms with van der Waals surface area (Å²) in [6, 6.07) is 20.5. The van der Waals surface area contributed by atoms with E-state index in [2.05, 4.69) is 5.32 Å². The number of hydrogen-bond donors (Lipinski definition) is 2. The Labute approximate surface area is 221 Å². The van der Waals surface area contributed by atoms with Crippen LogP contribution in [0.4, 0.5) is 4.79 Å². The zero-order chi connectivity index (χ0) is 26.7. The maximum atomic E-state index is 14.2. The molecule has 37 heavy (non-hydrogen) atoms. The van der Waals surface area contributed by atoms with Crippen molar-refractivity contribution in [2.75, 3.05) is 7.11 Å². The summed E-state index contributed by atoms with van der Waals surface area (Å²) in [6.07, 6.45) is 0. The van der Waals surface area contributed by atoms with Crippen LogP contribution in [0.15, 0.2) is 78.9 Å². The molecule has 1 aliphatic heterocycles. The van der Waals surface area contributed by atoms with E-state index in [1.807, 2.05) is 32.0 Å². The molecule has 3 aromatic carbocycles. The Morgan fingerprint density at radius 2 is 1.51 bits per heavy atom.